The summed E-state index contributed by atoms with van der Waals surface area (Å²) in [6, 6.07) is 31.2. The fourth-order valence-corrected chi connectivity index (χ4v) is 6.09. The van der Waals surface area contributed by atoms with Gasteiger partial charge >= 0.3 is 0 Å². The summed E-state index contributed by atoms with van der Waals surface area (Å²) in [7, 11) is -2.25. The van der Waals surface area contributed by atoms with Gasteiger partial charge in [0.2, 0.25) is 11.8 Å². The number of nitrogens with one attached hydrogen (secondary N) is 2. The summed E-state index contributed by atoms with van der Waals surface area (Å²) in [5, 5.41) is 6.55. The van der Waals surface area contributed by atoms with Gasteiger partial charge in [0, 0.05) is 24.5 Å². The molecule has 5 aromatic rings. The number of carbonyl (C=O) groups is 2. The van der Waals surface area contributed by atoms with Crippen molar-refractivity contribution in [1.29, 1.82) is 0 Å². The van der Waals surface area contributed by atoms with E-state index in [0.29, 0.717) is 23.4 Å². The van der Waals surface area contributed by atoms with Crippen molar-refractivity contribution in [3.63, 3.8) is 0 Å². The Labute approximate surface area is 245 Å². The summed E-state index contributed by atoms with van der Waals surface area (Å²) < 4.78 is 33.2. The van der Waals surface area contributed by atoms with Crippen LogP contribution in [-0.2, 0) is 39.0 Å². The van der Waals surface area contributed by atoms with Crippen LogP contribution in [0.1, 0.15) is 16.7 Å². The van der Waals surface area contributed by atoms with Crippen LogP contribution in [0.3, 0.4) is 0 Å². The lowest BCUT2D eigenvalue weighted by Crippen LogP contribution is -2.48. The van der Waals surface area contributed by atoms with Crippen LogP contribution in [0.4, 0.5) is 0 Å². The molecule has 9 heteroatoms. The SMILES string of the molecule is COc1ccc(CC(=O)NC(Cc2ccc3ccn(S(=O)(=O)c4ccccc4)c3c2)C(=O)NCc2ccccc2)cc1. The molecule has 5 rings (SSSR count). The zero-order valence-electron chi connectivity index (χ0n) is 23.1. The van der Waals surface area contributed by atoms with Crippen LogP contribution < -0.4 is 15.4 Å². The van der Waals surface area contributed by atoms with Crippen molar-refractivity contribution < 1.29 is 22.7 Å². The maximum atomic E-state index is 13.4. The molecule has 0 radical (unpaired) electrons. The number of methoxy groups -OCH3 is 1. The van der Waals surface area contributed by atoms with Gasteiger partial charge in [0.25, 0.3) is 10.0 Å². The van der Waals surface area contributed by atoms with Gasteiger partial charge in [-0.15, -0.1) is 0 Å². The predicted octanol–water partition coefficient (Wildman–Crippen LogP) is 4.47. The highest BCUT2D eigenvalue weighted by molar-refractivity contribution is 7.90. The zero-order chi connectivity index (χ0) is 29.5. The third-order valence-electron chi connectivity index (χ3n) is 6.95. The minimum atomic E-state index is -3.82. The van der Waals surface area contributed by atoms with Gasteiger partial charge < -0.3 is 15.4 Å². The molecule has 0 fully saturated rings. The van der Waals surface area contributed by atoms with Crippen molar-refractivity contribution in [3.8, 4) is 5.75 Å². The van der Waals surface area contributed by atoms with Gasteiger partial charge in [0.1, 0.15) is 11.8 Å². The molecule has 0 aliphatic rings. The normalized spacial score (nSPS) is 12.0. The molecule has 42 heavy (non-hydrogen) atoms. The molecule has 0 bridgehead atoms. The van der Waals surface area contributed by atoms with Gasteiger partial charge in [-0.25, -0.2) is 12.4 Å². The number of fused-ring (bicyclic) bond motifs is 1. The summed E-state index contributed by atoms with van der Waals surface area (Å²) in [5.41, 5.74) is 2.90. The van der Waals surface area contributed by atoms with E-state index in [1.54, 1.807) is 73.8 Å². The Kier molecular flexibility index (Phi) is 8.68. The molecule has 2 N–H and O–H groups in total. The van der Waals surface area contributed by atoms with Crippen molar-refractivity contribution in [2.75, 3.05) is 7.11 Å². The Bertz CT molecular complexity index is 1780. The Morgan fingerprint density at radius 2 is 1.48 bits per heavy atom. The van der Waals surface area contributed by atoms with Gasteiger partial charge in [0.15, 0.2) is 0 Å². The molecular weight excluding hydrogens is 550 g/mol. The molecule has 1 unspecified atom stereocenters. The lowest BCUT2D eigenvalue weighted by atomic mass is 10.0. The van der Waals surface area contributed by atoms with Gasteiger partial charge in [-0.3, -0.25) is 9.59 Å². The van der Waals surface area contributed by atoms with Crippen LogP contribution in [0.5, 0.6) is 5.75 Å². The Hall–Kier alpha value is -4.89. The van der Waals surface area contributed by atoms with Gasteiger partial charge in [-0.1, -0.05) is 72.8 Å². The molecule has 0 spiro atoms. The summed E-state index contributed by atoms with van der Waals surface area (Å²) >= 11 is 0. The molecule has 8 nitrogen and oxygen atoms in total. The number of nitrogens with zero attached hydrogens (tertiary/aromatic N) is 1. The number of aromatic nitrogens is 1. The number of rotatable bonds is 11. The summed E-state index contributed by atoms with van der Waals surface area (Å²) in [5.74, 6) is 0.0391. The molecule has 0 aliphatic carbocycles. The number of amides is 2. The first kappa shape index (κ1) is 28.6. The molecule has 4 aromatic carbocycles. The Balaban J connectivity index is 1.39. The standard InChI is InChI=1S/C33H31N3O5S/c1-41-28-16-13-24(14-17-28)22-32(37)35-30(33(38)34-23-25-8-4-2-5-9-25)20-26-12-15-27-18-19-36(31(27)21-26)42(39,40)29-10-6-3-7-11-29/h2-19,21,30H,20,22-23H2,1H3,(H,34,38)(H,35,37). The largest absolute Gasteiger partial charge is 0.497 e. The second-order valence-electron chi connectivity index (χ2n) is 9.88. The van der Waals surface area contributed by atoms with Gasteiger partial charge in [-0.05, 0) is 53.1 Å². The summed E-state index contributed by atoms with van der Waals surface area (Å²) in [6.07, 6.45) is 1.78. The van der Waals surface area contributed by atoms with Crippen LogP contribution in [0, 0.1) is 0 Å². The quantitative estimate of drug-likeness (QED) is 0.239. The number of benzene rings is 4. The first-order chi connectivity index (χ1) is 20.3. The third kappa shape index (κ3) is 6.70. The van der Waals surface area contributed by atoms with Crippen LogP contribution in [-0.4, -0.2) is 37.4 Å². The number of ether oxygens (including phenoxy) is 1. The van der Waals surface area contributed by atoms with E-state index >= 15 is 0 Å². The minimum absolute atomic E-state index is 0.0870. The molecule has 214 valence electrons. The molecule has 1 atom stereocenters. The average Bonchev–Trinajstić information content (AvgIpc) is 3.45. The maximum absolute atomic E-state index is 13.4. The highest BCUT2D eigenvalue weighted by Crippen LogP contribution is 2.24. The summed E-state index contributed by atoms with van der Waals surface area (Å²) in [6.45, 7) is 0.307. The van der Waals surface area contributed by atoms with E-state index in [1.165, 1.54) is 10.2 Å². The fraction of sp³-hybridized carbons (Fsp3) is 0.152. The first-order valence-electron chi connectivity index (χ1n) is 13.5. The van der Waals surface area contributed by atoms with Crippen molar-refractivity contribution in [1.82, 2.24) is 14.6 Å². The molecular formula is C33H31N3O5S. The molecule has 2 amide bonds. The number of hydrogen-bond donors (Lipinski definition) is 2. The second kappa shape index (κ2) is 12.7. The van der Waals surface area contributed by atoms with E-state index in [2.05, 4.69) is 10.6 Å². The van der Waals surface area contributed by atoms with E-state index in [4.69, 9.17) is 4.74 Å². The Morgan fingerprint density at radius 1 is 0.810 bits per heavy atom. The average molecular weight is 582 g/mol. The van der Waals surface area contributed by atoms with E-state index in [0.717, 1.165) is 16.5 Å². The lowest BCUT2D eigenvalue weighted by molar-refractivity contribution is -0.128. The van der Waals surface area contributed by atoms with E-state index in [-0.39, 0.29) is 29.6 Å². The molecule has 1 aromatic heterocycles. The van der Waals surface area contributed by atoms with Gasteiger partial charge in [0.05, 0.1) is 23.9 Å². The van der Waals surface area contributed by atoms with E-state index in [1.807, 2.05) is 42.5 Å². The van der Waals surface area contributed by atoms with Crippen LogP contribution in [0.25, 0.3) is 10.9 Å². The summed E-state index contributed by atoms with van der Waals surface area (Å²) in [4.78, 5) is 26.6. The second-order valence-corrected chi connectivity index (χ2v) is 11.7. The van der Waals surface area contributed by atoms with E-state index < -0.39 is 16.1 Å². The lowest BCUT2D eigenvalue weighted by Gasteiger charge is -2.19. The first-order valence-corrected chi connectivity index (χ1v) is 14.9. The maximum Gasteiger partial charge on any atom is 0.268 e. The monoisotopic (exact) mass is 581 g/mol. The number of hydrogen-bond acceptors (Lipinski definition) is 5. The third-order valence-corrected chi connectivity index (χ3v) is 8.65. The molecule has 1 heterocycles. The van der Waals surface area contributed by atoms with Crippen LogP contribution >= 0.6 is 0 Å². The highest BCUT2D eigenvalue weighted by Gasteiger charge is 2.23. The van der Waals surface area contributed by atoms with Crippen LogP contribution in [0.15, 0.2) is 120 Å². The van der Waals surface area contributed by atoms with Crippen molar-refractivity contribution in [3.05, 3.63) is 132 Å². The zero-order valence-corrected chi connectivity index (χ0v) is 23.9. The fourth-order valence-electron chi connectivity index (χ4n) is 4.72. The van der Waals surface area contributed by atoms with Gasteiger partial charge in [-0.2, -0.15) is 0 Å². The predicted molar refractivity (Wildman–Crippen MR) is 162 cm³/mol. The molecule has 0 saturated carbocycles. The topological polar surface area (TPSA) is 106 Å². The van der Waals surface area contributed by atoms with Crippen molar-refractivity contribution in [2.45, 2.75) is 30.3 Å². The number of carbonyl (C=O) groups excluding carboxylic acids is 2. The molecule has 0 saturated heterocycles. The van der Waals surface area contributed by atoms with Crippen molar-refractivity contribution in [2.24, 2.45) is 0 Å². The van der Waals surface area contributed by atoms with Crippen LogP contribution in [0.2, 0.25) is 0 Å². The minimum Gasteiger partial charge on any atom is -0.497 e. The Morgan fingerprint density at radius 3 is 2.17 bits per heavy atom. The van der Waals surface area contributed by atoms with Crippen molar-refractivity contribution >= 4 is 32.7 Å². The van der Waals surface area contributed by atoms with E-state index in [9.17, 15) is 18.0 Å². The highest BCUT2D eigenvalue weighted by atomic mass is 32.2. The molecule has 0 aliphatic heterocycles. The smallest absolute Gasteiger partial charge is 0.268 e.